The highest BCUT2D eigenvalue weighted by Crippen LogP contribution is 2.36. The highest BCUT2D eigenvalue weighted by atomic mass is 16.7. The van der Waals surface area contributed by atoms with Gasteiger partial charge < -0.3 is 24.3 Å². The SMILES string of the molecule is COCCN1C[C@@H]2C[C@@H](C(=O)Nc3ccc4c(c3)OCO4)[C@H](C1)O2. The van der Waals surface area contributed by atoms with Crippen LogP contribution in [-0.4, -0.2) is 63.2 Å². The highest BCUT2D eigenvalue weighted by Gasteiger charge is 2.44. The Morgan fingerprint density at radius 2 is 2.21 bits per heavy atom. The molecule has 24 heavy (non-hydrogen) atoms. The van der Waals surface area contributed by atoms with Crippen molar-refractivity contribution in [3.05, 3.63) is 18.2 Å². The Balaban J connectivity index is 1.38. The molecule has 3 aliphatic heterocycles. The monoisotopic (exact) mass is 334 g/mol. The molecule has 1 aromatic rings. The van der Waals surface area contributed by atoms with E-state index in [1.165, 1.54) is 0 Å². The number of fused-ring (bicyclic) bond motifs is 3. The lowest BCUT2D eigenvalue weighted by molar-refractivity contribution is -0.123. The first-order chi connectivity index (χ1) is 11.7. The molecule has 2 saturated heterocycles. The van der Waals surface area contributed by atoms with Crippen molar-refractivity contribution in [2.75, 3.05) is 45.5 Å². The summed E-state index contributed by atoms with van der Waals surface area (Å²) in [6, 6.07) is 5.44. The Morgan fingerprint density at radius 1 is 1.33 bits per heavy atom. The van der Waals surface area contributed by atoms with Gasteiger partial charge in [-0.25, -0.2) is 0 Å². The number of morpholine rings is 1. The fourth-order valence-corrected chi connectivity index (χ4v) is 3.63. The van der Waals surface area contributed by atoms with Gasteiger partial charge in [0.15, 0.2) is 11.5 Å². The van der Waals surface area contributed by atoms with E-state index in [0.29, 0.717) is 18.1 Å². The van der Waals surface area contributed by atoms with Gasteiger partial charge in [-0.05, 0) is 18.6 Å². The van der Waals surface area contributed by atoms with Crippen LogP contribution in [0.15, 0.2) is 18.2 Å². The molecule has 3 aliphatic rings. The number of ether oxygens (including phenoxy) is 4. The molecule has 3 heterocycles. The van der Waals surface area contributed by atoms with Crippen LogP contribution in [-0.2, 0) is 14.3 Å². The lowest BCUT2D eigenvalue weighted by atomic mass is 9.99. The molecule has 2 bridgehead atoms. The quantitative estimate of drug-likeness (QED) is 0.869. The third kappa shape index (κ3) is 3.07. The van der Waals surface area contributed by atoms with E-state index in [-0.39, 0.29) is 30.8 Å². The van der Waals surface area contributed by atoms with Crippen LogP contribution in [0.3, 0.4) is 0 Å². The molecule has 4 rings (SSSR count). The molecule has 1 amide bonds. The van der Waals surface area contributed by atoms with Crippen LogP contribution in [0.1, 0.15) is 6.42 Å². The van der Waals surface area contributed by atoms with Gasteiger partial charge in [-0.15, -0.1) is 0 Å². The maximum Gasteiger partial charge on any atom is 0.231 e. The summed E-state index contributed by atoms with van der Waals surface area (Å²) in [4.78, 5) is 15.0. The summed E-state index contributed by atoms with van der Waals surface area (Å²) in [6.45, 7) is 3.45. The van der Waals surface area contributed by atoms with Crippen LogP contribution >= 0.6 is 0 Å². The van der Waals surface area contributed by atoms with Gasteiger partial charge in [0, 0.05) is 38.5 Å². The number of rotatable bonds is 5. The van der Waals surface area contributed by atoms with Gasteiger partial charge in [0.2, 0.25) is 12.7 Å². The second-order valence-corrected chi connectivity index (χ2v) is 6.45. The molecular weight excluding hydrogens is 312 g/mol. The highest BCUT2D eigenvalue weighted by molar-refractivity contribution is 5.93. The Hall–Kier alpha value is -1.83. The number of hydrogen-bond acceptors (Lipinski definition) is 6. The average Bonchev–Trinajstić information content (AvgIpc) is 3.16. The first-order valence-electron chi connectivity index (χ1n) is 8.30. The van der Waals surface area contributed by atoms with Gasteiger partial charge in [-0.1, -0.05) is 0 Å². The first-order valence-corrected chi connectivity index (χ1v) is 8.30. The fraction of sp³-hybridized carbons (Fsp3) is 0.588. The molecule has 3 atom stereocenters. The predicted octanol–water partition coefficient (Wildman–Crippen LogP) is 1.09. The molecule has 0 unspecified atom stereocenters. The van der Waals surface area contributed by atoms with E-state index in [1.807, 2.05) is 12.1 Å². The zero-order valence-corrected chi connectivity index (χ0v) is 13.7. The molecule has 0 saturated carbocycles. The molecule has 7 heteroatoms. The minimum absolute atomic E-state index is 0.00922. The number of nitrogens with zero attached hydrogens (tertiary/aromatic N) is 1. The number of carbonyl (C=O) groups excluding carboxylic acids is 1. The molecule has 0 aromatic heterocycles. The summed E-state index contributed by atoms with van der Waals surface area (Å²) in [6.07, 6.45) is 0.854. The van der Waals surface area contributed by atoms with E-state index in [0.717, 1.165) is 31.7 Å². The maximum absolute atomic E-state index is 12.7. The van der Waals surface area contributed by atoms with E-state index in [2.05, 4.69) is 10.2 Å². The van der Waals surface area contributed by atoms with E-state index < -0.39 is 0 Å². The standard InChI is InChI=1S/C17H22N2O5/c1-21-5-4-19-8-12-7-13(16(9-19)24-12)17(20)18-11-2-3-14-15(6-11)23-10-22-14/h2-3,6,12-13,16H,4-5,7-10H2,1H3,(H,18,20)/t12-,13+,16-/m0/s1. The van der Waals surface area contributed by atoms with Gasteiger partial charge in [0.1, 0.15) is 0 Å². The number of methoxy groups -OCH3 is 1. The Morgan fingerprint density at radius 3 is 3.08 bits per heavy atom. The molecule has 7 nitrogen and oxygen atoms in total. The number of hydrogen-bond donors (Lipinski definition) is 1. The Kier molecular flexibility index (Phi) is 4.30. The number of nitrogens with one attached hydrogen (secondary N) is 1. The molecular formula is C17H22N2O5. The van der Waals surface area contributed by atoms with Crippen molar-refractivity contribution in [2.24, 2.45) is 5.92 Å². The van der Waals surface area contributed by atoms with Crippen LogP contribution in [0.25, 0.3) is 0 Å². The van der Waals surface area contributed by atoms with Crippen LogP contribution in [0, 0.1) is 5.92 Å². The molecule has 130 valence electrons. The van der Waals surface area contributed by atoms with Gasteiger partial charge in [0.05, 0.1) is 24.7 Å². The molecule has 0 radical (unpaired) electrons. The molecule has 1 N–H and O–H groups in total. The van der Waals surface area contributed by atoms with Crippen molar-refractivity contribution in [1.82, 2.24) is 4.90 Å². The van der Waals surface area contributed by atoms with Crippen molar-refractivity contribution < 1.29 is 23.7 Å². The smallest absolute Gasteiger partial charge is 0.231 e. The van der Waals surface area contributed by atoms with Crippen LogP contribution in [0.5, 0.6) is 11.5 Å². The lowest BCUT2D eigenvalue weighted by Gasteiger charge is -2.32. The number of likely N-dealkylation sites (tertiary alicyclic amines) is 1. The fourth-order valence-electron chi connectivity index (χ4n) is 3.63. The normalized spacial score (nSPS) is 28.1. The van der Waals surface area contributed by atoms with Crippen molar-refractivity contribution in [3.63, 3.8) is 0 Å². The van der Waals surface area contributed by atoms with Gasteiger partial charge in [-0.3, -0.25) is 9.69 Å². The maximum atomic E-state index is 12.7. The van der Waals surface area contributed by atoms with Crippen molar-refractivity contribution >= 4 is 11.6 Å². The summed E-state index contributed by atoms with van der Waals surface area (Å²) in [7, 11) is 1.71. The molecule has 2 fully saturated rings. The number of carbonyl (C=O) groups is 1. The van der Waals surface area contributed by atoms with E-state index in [1.54, 1.807) is 13.2 Å². The van der Waals surface area contributed by atoms with Gasteiger partial charge in [-0.2, -0.15) is 0 Å². The van der Waals surface area contributed by atoms with E-state index >= 15 is 0 Å². The topological polar surface area (TPSA) is 69.3 Å². The average molecular weight is 334 g/mol. The second kappa shape index (κ2) is 6.58. The zero-order valence-electron chi connectivity index (χ0n) is 13.7. The number of anilines is 1. The predicted molar refractivity (Wildman–Crippen MR) is 86.3 cm³/mol. The minimum Gasteiger partial charge on any atom is -0.454 e. The van der Waals surface area contributed by atoms with Crippen LogP contribution in [0.4, 0.5) is 5.69 Å². The van der Waals surface area contributed by atoms with E-state index in [9.17, 15) is 4.79 Å². The number of amides is 1. The summed E-state index contributed by atoms with van der Waals surface area (Å²) in [5, 5.41) is 2.99. The molecule has 0 spiro atoms. The zero-order chi connectivity index (χ0) is 16.5. The summed E-state index contributed by atoms with van der Waals surface area (Å²) >= 11 is 0. The second-order valence-electron chi connectivity index (χ2n) is 6.45. The third-order valence-corrected chi connectivity index (χ3v) is 4.82. The lowest BCUT2D eigenvalue weighted by Crippen LogP contribution is -2.45. The Labute approximate surface area is 140 Å². The molecule has 0 aliphatic carbocycles. The van der Waals surface area contributed by atoms with Crippen molar-refractivity contribution in [2.45, 2.75) is 18.6 Å². The largest absolute Gasteiger partial charge is 0.454 e. The minimum atomic E-state index is -0.118. The number of benzene rings is 1. The van der Waals surface area contributed by atoms with Crippen LogP contribution in [0.2, 0.25) is 0 Å². The summed E-state index contributed by atoms with van der Waals surface area (Å²) in [5.74, 6) is 1.27. The van der Waals surface area contributed by atoms with Gasteiger partial charge >= 0.3 is 0 Å². The summed E-state index contributed by atoms with van der Waals surface area (Å²) in [5.41, 5.74) is 0.724. The Bertz CT molecular complexity index is 623. The van der Waals surface area contributed by atoms with Crippen molar-refractivity contribution in [3.8, 4) is 11.5 Å². The van der Waals surface area contributed by atoms with Gasteiger partial charge in [0.25, 0.3) is 0 Å². The van der Waals surface area contributed by atoms with Crippen molar-refractivity contribution in [1.29, 1.82) is 0 Å². The third-order valence-electron chi connectivity index (χ3n) is 4.82. The first kappa shape index (κ1) is 15.7. The summed E-state index contributed by atoms with van der Waals surface area (Å²) < 4.78 is 21.7. The molecule has 1 aromatic carbocycles. The van der Waals surface area contributed by atoms with E-state index in [4.69, 9.17) is 18.9 Å². The van der Waals surface area contributed by atoms with Crippen LogP contribution < -0.4 is 14.8 Å².